The van der Waals surface area contributed by atoms with Gasteiger partial charge in [-0.15, -0.1) is 0 Å². The van der Waals surface area contributed by atoms with E-state index in [9.17, 15) is 13.2 Å². The van der Waals surface area contributed by atoms with Crippen molar-refractivity contribution in [1.82, 2.24) is 9.29 Å². The number of hydrogen-bond donors (Lipinski definition) is 2. The molecule has 1 aliphatic rings. The fourth-order valence-electron chi connectivity index (χ4n) is 2.15. The fourth-order valence-corrected chi connectivity index (χ4v) is 3.50. The Bertz CT molecular complexity index is 624. The smallest absolute Gasteiger partial charge is 0.337 e. The molecule has 2 heterocycles. The molecule has 2 atom stereocenters. The average molecular weight is 315 g/mol. The van der Waals surface area contributed by atoms with E-state index in [2.05, 4.69) is 9.71 Å². The third-order valence-electron chi connectivity index (χ3n) is 2.96. The normalized spacial score (nSPS) is 23.7. The lowest BCUT2D eigenvalue weighted by atomic mass is 10.3. The maximum absolute atomic E-state index is 12.3. The first kappa shape index (κ1) is 15.7. The first-order chi connectivity index (χ1) is 9.78. The Balaban J connectivity index is 2.17. The maximum atomic E-state index is 12.3. The number of aromatic carboxylic acids is 1. The van der Waals surface area contributed by atoms with Crippen LogP contribution in [0.4, 0.5) is 5.69 Å². The lowest BCUT2D eigenvalue weighted by molar-refractivity contribution is -0.0439. The van der Waals surface area contributed by atoms with Gasteiger partial charge in [0, 0.05) is 19.3 Å². The lowest BCUT2D eigenvalue weighted by Crippen LogP contribution is -2.49. The number of aromatic nitrogens is 1. The highest BCUT2D eigenvalue weighted by molar-refractivity contribution is 7.90. The van der Waals surface area contributed by atoms with E-state index in [0.29, 0.717) is 0 Å². The minimum Gasteiger partial charge on any atom is -0.478 e. The molecule has 0 bridgehead atoms. The summed E-state index contributed by atoms with van der Waals surface area (Å²) in [6.07, 6.45) is 2.01. The number of anilines is 1. The number of hydrogen-bond acceptors (Lipinski definition) is 5. The molecular weight excluding hydrogens is 298 g/mol. The van der Waals surface area contributed by atoms with E-state index in [0.717, 1.165) is 6.20 Å². The number of ether oxygens (including phenoxy) is 1. The summed E-state index contributed by atoms with van der Waals surface area (Å²) in [5.41, 5.74) is 0.0283. The van der Waals surface area contributed by atoms with Gasteiger partial charge < -0.3 is 9.84 Å². The van der Waals surface area contributed by atoms with E-state index in [-0.39, 0.29) is 36.5 Å². The molecule has 0 aliphatic carbocycles. The SMILES string of the molecule is CC1CN(S(=O)(=O)Nc2cncc(C(=O)O)c2)CC(C)O1. The van der Waals surface area contributed by atoms with Gasteiger partial charge in [-0.3, -0.25) is 9.71 Å². The van der Waals surface area contributed by atoms with Crippen molar-refractivity contribution in [3.63, 3.8) is 0 Å². The van der Waals surface area contributed by atoms with Gasteiger partial charge in [-0.1, -0.05) is 0 Å². The van der Waals surface area contributed by atoms with Crippen LogP contribution >= 0.6 is 0 Å². The molecule has 2 rings (SSSR count). The molecule has 0 amide bonds. The highest BCUT2D eigenvalue weighted by Crippen LogP contribution is 2.17. The van der Waals surface area contributed by atoms with Crippen LogP contribution in [-0.2, 0) is 14.9 Å². The second-order valence-electron chi connectivity index (χ2n) is 4.95. The van der Waals surface area contributed by atoms with E-state index in [1.807, 2.05) is 0 Å². The molecule has 9 heteroatoms. The molecule has 0 aromatic carbocycles. The summed E-state index contributed by atoms with van der Waals surface area (Å²) in [5, 5.41) is 8.88. The topological polar surface area (TPSA) is 109 Å². The molecule has 2 N–H and O–H groups in total. The van der Waals surface area contributed by atoms with Crippen molar-refractivity contribution in [3.05, 3.63) is 24.0 Å². The van der Waals surface area contributed by atoms with Gasteiger partial charge in [0.1, 0.15) is 0 Å². The van der Waals surface area contributed by atoms with Gasteiger partial charge in [-0.25, -0.2) is 4.79 Å². The monoisotopic (exact) mass is 315 g/mol. The molecule has 8 nitrogen and oxygen atoms in total. The molecule has 21 heavy (non-hydrogen) atoms. The summed E-state index contributed by atoms with van der Waals surface area (Å²) in [4.78, 5) is 14.6. The molecular formula is C12H17N3O5S. The summed E-state index contributed by atoms with van der Waals surface area (Å²) in [7, 11) is -3.77. The van der Waals surface area contributed by atoms with Crippen LogP contribution in [0.15, 0.2) is 18.5 Å². The summed E-state index contributed by atoms with van der Waals surface area (Å²) >= 11 is 0. The lowest BCUT2D eigenvalue weighted by Gasteiger charge is -2.34. The number of carboxylic acid groups (broad SMARTS) is 1. The van der Waals surface area contributed by atoms with Gasteiger partial charge >= 0.3 is 16.2 Å². The van der Waals surface area contributed by atoms with Crippen molar-refractivity contribution in [1.29, 1.82) is 0 Å². The minimum atomic E-state index is -3.77. The number of nitrogens with one attached hydrogen (secondary N) is 1. The predicted octanol–water partition coefficient (Wildman–Crippen LogP) is 0.546. The zero-order valence-corrected chi connectivity index (χ0v) is 12.5. The van der Waals surface area contributed by atoms with Crippen molar-refractivity contribution >= 4 is 21.9 Å². The van der Waals surface area contributed by atoms with Crippen molar-refractivity contribution in [2.45, 2.75) is 26.1 Å². The summed E-state index contributed by atoms with van der Waals surface area (Å²) in [5.74, 6) is -1.17. The Kier molecular flexibility index (Phi) is 4.45. The molecule has 1 aromatic heterocycles. The molecule has 2 unspecified atom stereocenters. The van der Waals surface area contributed by atoms with E-state index >= 15 is 0 Å². The first-order valence-corrected chi connectivity index (χ1v) is 7.83. The molecule has 0 spiro atoms. The van der Waals surface area contributed by atoms with Crippen molar-refractivity contribution in [3.8, 4) is 0 Å². The van der Waals surface area contributed by atoms with E-state index in [1.165, 1.54) is 16.6 Å². The fraction of sp³-hybridized carbons (Fsp3) is 0.500. The summed E-state index contributed by atoms with van der Waals surface area (Å²) in [6, 6.07) is 1.22. The van der Waals surface area contributed by atoms with E-state index < -0.39 is 16.2 Å². The van der Waals surface area contributed by atoms with Gasteiger partial charge in [0.05, 0.1) is 29.7 Å². The van der Waals surface area contributed by atoms with Gasteiger partial charge in [-0.2, -0.15) is 12.7 Å². The van der Waals surface area contributed by atoms with Gasteiger partial charge in [-0.05, 0) is 19.9 Å². The third-order valence-corrected chi connectivity index (χ3v) is 4.43. The summed E-state index contributed by atoms with van der Waals surface area (Å²) in [6.45, 7) is 4.08. The molecule has 0 saturated carbocycles. The Morgan fingerprint density at radius 1 is 1.38 bits per heavy atom. The number of carboxylic acids is 1. The van der Waals surface area contributed by atoms with Crippen LogP contribution in [-0.4, -0.2) is 54.1 Å². The Morgan fingerprint density at radius 3 is 2.57 bits per heavy atom. The van der Waals surface area contributed by atoms with Crippen LogP contribution < -0.4 is 4.72 Å². The molecule has 1 fully saturated rings. The van der Waals surface area contributed by atoms with Crippen LogP contribution in [0.3, 0.4) is 0 Å². The molecule has 1 saturated heterocycles. The van der Waals surface area contributed by atoms with Crippen LogP contribution in [0.25, 0.3) is 0 Å². The Labute approximate surface area is 122 Å². The van der Waals surface area contributed by atoms with Crippen LogP contribution in [0.5, 0.6) is 0 Å². The van der Waals surface area contributed by atoms with Gasteiger partial charge in [0.25, 0.3) is 0 Å². The van der Waals surface area contributed by atoms with Gasteiger partial charge in [0.2, 0.25) is 0 Å². The zero-order chi connectivity index (χ0) is 15.6. The van der Waals surface area contributed by atoms with Crippen LogP contribution in [0.2, 0.25) is 0 Å². The number of carbonyl (C=O) groups is 1. The van der Waals surface area contributed by atoms with Crippen molar-refractivity contribution in [2.24, 2.45) is 0 Å². The highest BCUT2D eigenvalue weighted by atomic mass is 32.2. The zero-order valence-electron chi connectivity index (χ0n) is 11.7. The number of nitrogens with zero attached hydrogens (tertiary/aromatic N) is 2. The molecule has 0 radical (unpaired) electrons. The van der Waals surface area contributed by atoms with Crippen LogP contribution in [0, 0.1) is 0 Å². The minimum absolute atomic E-state index is 0.0843. The molecule has 1 aliphatic heterocycles. The Morgan fingerprint density at radius 2 is 2.00 bits per heavy atom. The quantitative estimate of drug-likeness (QED) is 0.839. The second kappa shape index (κ2) is 5.96. The predicted molar refractivity (Wildman–Crippen MR) is 75.3 cm³/mol. The maximum Gasteiger partial charge on any atom is 0.337 e. The largest absolute Gasteiger partial charge is 0.478 e. The number of pyridine rings is 1. The van der Waals surface area contributed by atoms with E-state index in [4.69, 9.17) is 9.84 Å². The van der Waals surface area contributed by atoms with Crippen molar-refractivity contribution in [2.75, 3.05) is 17.8 Å². The average Bonchev–Trinajstić information content (AvgIpc) is 2.37. The number of rotatable bonds is 4. The van der Waals surface area contributed by atoms with Gasteiger partial charge in [0.15, 0.2) is 0 Å². The third kappa shape index (κ3) is 3.90. The molecule has 116 valence electrons. The standard InChI is InChI=1S/C12H17N3O5S/c1-8-6-15(7-9(2)20-8)21(18,19)14-11-3-10(12(16)17)4-13-5-11/h3-5,8-9,14H,6-7H2,1-2H3,(H,16,17). The first-order valence-electron chi connectivity index (χ1n) is 6.39. The summed E-state index contributed by atoms with van der Waals surface area (Å²) < 4.78 is 33.7. The Hall–Kier alpha value is -1.71. The second-order valence-corrected chi connectivity index (χ2v) is 6.62. The highest BCUT2D eigenvalue weighted by Gasteiger charge is 2.31. The number of morpholine rings is 1. The molecule has 1 aromatic rings. The van der Waals surface area contributed by atoms with Crippen molar-refractivity contribution < 1.29 is 23.1 Å². The van der Waals surface area contributed by atoms with Crippen LogP contribution in [0.1, 0.15) is 24.2 Å². The van der Waals surface area contributed by atoms with E-state index in [1.54, 1.807) is 13.8 Å².